The molecule has 0 radical (unpaired) electrons. The van der Waals surface area contributed by atoms with Crippen molar-refractivity contribution in [2.45, 2.75) is 18.6 Å². The van der Waals surface area contributed by atoms with Gasteiger partial charge in [0.15, 0.2) is 6.61 Å². The summed E-state index contributed by atoms with van der Waals surface area (Å²) in [6.07, 6.45) is -2.70. The van der Waals surface area contributed by atoms with Crippen molar-refractivity contribution in [3.8, 4) is 5.75 Å². The van der Waals surface area contributed by atoms with Crippen LogP contribution in [0.5, 0.6) is 5.75 Å². The van der Waals surface area contributed by atoms with E-state index in [0.717, 1.165) is 33.1 Å². The van der Waals surface area contributed by atoms with E-state index < -0.39 is 17.8 Å². The second-order valence-corrected chi connectivity index (χ2v) is 10.7. The Kier molecular flexibility index (Phi) is 5.74. The van der Waals surface area contributed by atoms with Gasteiger partial charge in [0.2, 0.25) is 0 Å². The lowest BCUT2D eigenvalue weighted by molar-refractivity contribution is -0.137. The van der Waals surface area contributed by atoms with Crippen LogP contribution in [0.2, 0.25) is 0 Å². The lowest BCUT2D eigenvalue weighted by Crippen LogP contribution is -2.43. The van der Waals surface area contributed by atoms with E-state index in [1.807, 2.05) is 66.7 Å². The molecular weight excluding hydrogens is 537 g/mol. The molecule has 1 atom stereocenters. The van der Waals surface area contributed by atoms with Crippen LogP contribution in [0.25, 0.3) is 26.6 Å². The number of ether oxygens (including phenoxy) is 1. The summed E-state index contributed by atoms with van der Waals surface area (Å²) in [6.45, 7) is 0.146. The molecule has 3 aromatic carbocycles. The molecule has 1 aliphatic rings. The number of pyridine rings is 1. The molecule has 200 valence electrons. The van der Waals surface area contributed by atoms with Crippen molar-refractivity contribution in [2.75, 3.05) is 13.2 Å². The van der Waals surface area contributed by atoms with Crippen molar-refractivity contribution >= 4 is 43.9 Å². The first-order valence-electron chi connectivity index (χ1n) is 12.7. The van der Waals surface area contributed by atoms with Gasteiger partial charge in [0.1, 0.15) is 22.4 Å². The highest BCUT2D eigenvalue weighted by Gasteiger charge is 2.38. The van der Waals surface area contributed by atoms with Gasteiger partial charge in [-0.1, -0.05) is 42.5 Å². The van der Waals surface area contributed by atoms with Gasteiger partial charge in [0, 0.05) is 19.2 Å². The Morgan fingerprint density at radius 3 is 2.60 bits per heavy atom. The normalized spacial score (nSPS) is 15.6. The highest BCUT2D eigenvalue weighted by Crippen LogP contribution is 2.40. The molecule has 10 heteroatoms. The van der Waals surface area contributed by atoms with Crippen LogP contribution in [0, 0.1) is 0 Å². The van der Waals surface area contributed by atoms with E-state index in [1.54, 1.807) is 9.30 Å². The van der Waals surface area contributed by atoms with E-state index >= 15 is 0 Å². The van der Waals surface area contributed by atoms with E-state index in [1.165, 1.54) is 17.5 Å². The fourth-order valence-corrected chi connectivity index (χ4v) is 6.36. The number of carbonyl (C=O) groups excluding carboxylic acids is 1. The van der Waals surface area contributed by atoms with Crippen LogP contribution in [0.4, 0.5) is 13.2 Å². The zero-order valence-corrected chi connectivity index (χ0v) is 21.7. The molecule has 1 aliphatic heterocycles. The first-order valence-corrected chi connectivity index (χ1v) is 13.5. The third-order valence-electron chi connectivity index (χ3n) is 7.17. The number of halogens is 3. The van der Waals surface area contributed by atoms with Gasteiger partial charge in [-0.15, -0.1) is 11.3 Å². The van der Waals surface area contributed by atoms with Gasteiger partial charge in [-0.3, -0.25) is 4.79 Å². The minimum absolute atomic E-state index is 0.188. The van der Waals surface area contributed by atoms with Crippen LogP contribution in [0.15, 0.2) is 85.1 Å². The van der Waals surface area contributed by atoms with Crippen LogP contribution < -0.4 is 4.74 Å². The van der Waals surface area contributed by atoms with Crippen LogP contribution in [0.3, 0.4) is 0 Å². The van der Waals surface area contributed by atoms with Crippen molar-refractivity contribution in [1.29, 1.82) is 0 Å². The van der Waals surface area contributed by atoms with Crippen molar-refractivity contribution < 1.29 is 22.7 Å². The van der Waals surface area contributed by atoms with Crippen molar-refractivity contribution in [3.63, 3.8) is 0 Å². The Hall–Kier alpha value is -4.44. The number of hydrogen-bond donors (Lipinski definition) is 0. The molecule has 40 heavy (non-hydrogen) atoms. The lowest BCUT2D eigenvalue weighted by atomic mass is 10.0. The van der Waals surface area contributed by atoms with E-state index in [0.29, 0.717) is 35.1 Å². The molecule has 4 heterocycles. The summed E-state index contributed by atoms with van der Waals surface area (Å²) in [5.41, 5.74) is 1.52. The molecular formula is C30H21F3N4O2S. The van der Waals surface area contributed by atoms with Crippen molar-refractivity contribution in [1.82, 2.24) is 19.3 Å². The van der Waals surface area contributed by atoms with Crippen LogP contribution in [0.1, 0.15) is 28.0 Å². The van der Waals surface area contributed by atoms with Crippen LogP contribution >= 0.6 is 11.3 Å². The molecule has 6 aromatic rings. The number of imidazole rings is 1. The highest BCUT2D eigenvalue weighted by molar-refractivity contribution is 7.18. The van der Waals surface area contributed by atoms with Gasteiger partial charge in [0.05, 0.1) is 27.2 Å². The zero-order chi connectivity index (χ0) is 27.4. The number of benzene rings is 3. The number of alkyl halides is 3. The van der Waals surface area contributed by atoms with Gasteiger partial charge < -0.3 is 14.0 Å². The lowest BCUT2D eigenvalue weighted by Gasteiger charge is -2.34. The topological polar surface area (TPSA) is 59.7 Å². The fraction of sp³-hybridized carbons (Fsp3) is 0.167. The largest absolute Gasteiger partial charge is 0.484 e. The average molecular weight is 559 g/mol. The number of carbonyl (C=O) groups is 1. The summed E-state index contributed by atoms with van der Waals surface area (Å²) in [6, 6.07) is 22.7. The first-order chi connectivity index (χ1) is 19.3. The summed E-state index contributed by atoms with van der Waals surface area (Å²) in [4.78, 5) is 24.8. The Bertz CT molecular complexity index is 1880. The molecule has 7 rings (SSSR count). The fourth-order valence-electron chi connectivity index (χ4n) is 5.28. The van der Waals surface area contributed by atoms with E-state index in [4.69, 9.17) is 9.72 Å². The summed E-state index contributed by atoms with van der Waals surface area (Å²) in [5.74, 6) is 0.334. The van der Waals surface area contributed by atoms with Gasteiger partial charge in [0.25, 0.3) is 5.91 Å². The third kappa shape index (κ3) is 4.24. The van der Waals surface area contributed by atoms with Crippen molar-refractivity contribution in [2.24, 2.45) is 0 Å². The number of fused-ring (bicyclic) bond motifs is 5. The quantitative estimate of drug-likeness (QED) is 0.243. The minimum atomic E-state index is -4.48. The molecule has 0 aliphatic carbocycles. The van der Waals surface area contributed by atoms with E-state index in [-0.39, 0.29) is 18.2 Å². The zero-order valence-electron chi connectivity index (χ0n) is 20.9. The smallest absolute Gasteiger partial charge is 0.416 e. The van der Waals surface area contributed by atoms with Crippen LogP contribution in [-0.2, 0) is 17.4 Å². The second kappa shape index (κ2) is 9.34. The number of rotatable bonds is 4. The number of para-hydroxylation sites is 1. The maximum Gasteiger partial charge on any atom is 0.416 e. The highest BCUT2D eigenvalue weighted by atomic mass is 32.1. The third-order valence-corrected chi connectivity index (χ3v) is 8.26. The predicted molar refractivity (Wildman–Crippen MR) is 147 cm³/mol. The Balaban J connectivity index is 1.27. The Morgan fingerprint density at radius 2 is 1.77 bits per heavy atom. The number of aromatic nitrogens is 3. The van der Waals surface area contributed by atoms with E-state index in [9.17, 15) is 18.0 Å². The van der Waals surface area contributed by atoms with Gasteiger partial charge in [-0.25, -0.2) is 9.97 Å². The van der Waals surface area contributed by atoms with Gasteiger partial charge in [-0.2, -0.15) is 13.2 Å². The molecule has 0 fully saturated rings. The Labute approximate surface area is 230 Å². The summed E-state index contributed by atoms with van der Waals surface area (Å²) in [5, 5.41) is 2.75. The summed E-state index contributed by atoms with van der Waals surface area (Å²) in [7, 11) is 0. The molecule has 1 unspecified atom stereocenters. The number of thiazole rings is 1. The first kappa shape index (κ1) is 24.6. The summed E-state index contributed by atoms with van der Waals surface area (Å²) < 4.78 is 48.8. The molecule has 0 N–H and O–H groups in total. The van der Waals surface area contributed by atoms with Gasteiger partial charge in [-0.05, 0) is 47.2 Å². The second-order valence-electron chi connectivity index (χ2n) is 9.64. The predicted octanol–water partition coefficient (Wildman–Crippen LogP) is 6.67. The molecule has 1 amide bonds. The standard InChI is InChI=1S/C30H21F3N4O2S/c31-30(32,33)20-11-13-36-25(16-20)34-23-12-14-37(28(27(23)36)29-35-22-7-3-4-8-24(22)40-29)26(38)17-39-21-10-9-18-5-1-2-6-19(18)15-21/h1-11,13,15-16,28H,12,14,17H2. The number of hydrogen-bond acceptors (Lipinski definition) is 5. The van der Waals surface area contributed by atoms with Crippen molar-refractivity contribution in [3.05, 3.63) is 107 Å². The van der Waals surface area contributed by atoms with Gasteiger partial charge >= 0.3 is 6.18 Å². The molecule has 0 spiro atoms. The monoisotopic (exact) mass is 558 g/mol. The molecule has 0 saturated carbocycles. The molecule has 0 saturated heterocycles. The SMILES string of the molecule is O=C(COc1ccc2ccccc2c1)N1CCc2nc3cc(C(F)(F)F)ccn3c2C1c1nc2ccccc2s1. The average Bonchev–Trinajstić information content (AvgIpc) is 3.56. The maximum atomic E-state index is 13.7. The molecule has 6 nitrogen and oxygen atoms in total. The number of nitrogens with zero attached hydrogens (tertiary/aromatic N) is 4. The minimum Gasteiger partial charge on any atom is -0.484 e. The molecule has 0 bridgehead atoms. The summed E-state index contributed by atoms with van der Waals surface area (Å²) >= 11 is 1.46. The number of amides is 1. The van der Waals surface area contributed by atoms with Crippen LogP contribution in [-0.4, -0.2) is 38.3 Å². The molecule has 3 aromatic heterocycles. The van der Waals surface area contributed by atoms with E-state index in [2.05, 4.69) is 4.98 Å². The Morgan fingerprint density at radius 1 is 0.975 bits per heavy atom. The maximum absolute atomic E-state index is 13.7.